The third-order valence-electron chi connectivity index (χ3n) is 5.88. The van der Waals surface area contributed by atoms with Crippen LogP contribution in [0.1, 0.15) is 40.5 Å². The summed E-state index contributed by atoms with van der Waals surface area (Å²) in [6.45, 7) is 5.48. The van der Waals surface area contributed by atoms with Gasteiger partial charge in [-0.25, -0.2) is 9.97 Å². The van der Waals surface area contributed by atoms with Crippen LogP contribution in [0.15, 0.2) is 29.8 Å². The summed E-state index contributed by atoms with van der Waals surface area (Å²) in [6.07, 6.45) is 4.34. The topological polar surface area (TPSA) is 58.1 Å². The largest absolute Gasteiger partial charge is 0.338 e. The number of aryl methyl sites for hydroxylation is 1. The van der Waals surface area contributed by atoms with Crippen molar-refractivity contribution >= 4 is 27.3 Å². The highest BCUT2D eigenvalue weighted by Gasteiger charge is 2.25. The van der Waals surface area contributed by atoms with Crippen molar-refractivity contribution in [2.75, 3.05) is 19.6 Å². The van der Waals surface area contributed by atoms with E-state index in [1.165, 1.54) is 15.6 Å². The zero-order chi connectivity index (χ0) is 19.1. The number of thiophene rings is 1. The van der Waals surface area contributed by atoms with Gasteiger partial charge in [-0.05, 0) is 42.3 Å². The van der Waals surface area contributed by atoms with Crippen molar-refractivity contribution in [2.45, 2.75) is 38.6 Å². The fraction of sp³-hybridized carbons (Fsp3) is 0.409. The number of nitrogens with one attached hydrogen (secondary N) is 1. The molecule has 1 aromatic carbocycles. The molecule has 1 fully saturated rings. The molecule has 0 bridgehead atoms. The minimum absolute atomic E-state index is 0.191. The van der Waals surface area contributed by atoms with Gasteiger partial charge in [0, 0.05) is 48.4 Å². The van der Waals surface area contributed by atoms with Gasteiger partial charge in [-0.15, -0.1) is 11.3 Å². The zero-order valence-electron chi connectivity index (χ0n) is 16.1. The van der Waals surface area contributed by atoms with Crippen LogP contribution in [0.3, 0.4) is 0 Å². The van der Waals surface area contributed by atoms with E-state index in [4.69, 9.17) is 4.98 Å². The average molecular weight is 393 g/mol. The molecule has 1 N–H and O–H groups in total. The highest BCUT2D eigenvalue weighted by atomic mass is 32.1. The first-order valence-corrected chi connectivity index (χ1v) is 10.9. The number of fused-ring (bicyclic) bond motifs is 2. The molecular weight excluding hydrogens is 368 g/mol. The Morgan fingerprint density at radius 1 is 1.39 bits per heavy atom. The molecule has 0 saturated carbocycles. The number of amides is 1. The van der Waals surface area contributed by atoms with E-state index in [-0.39, 0.29) is 5.91 Å². The molecule has 0 radical (unpaired) electrons. The molecule has 6 heteroatoms. The maximum absolute atomic E-state index is 13.0. The zero-order valence-corrected chi connectivity index (χ0v) is 16.9. The predicted molar refractivity (Wildman–Crippen MR) is 112 cm³/mol. The Balaban J connectivity index is 1.31. The van der Waals surface area contributed by atoms with E-state index in [1.807, 2.05) is 11.1 Å². The first-order chi connectivity index (χ1) is 13.7. The van der Waals surface area contributed by atoms with Crippen LogP contribution in [0.5, 0.6) is 0 Å². The molecule has 144 valence electrons. The minimum atomic E-state index is 0.191. The van der Waals surface area contributed by atoms with Gasteiger partial charge < -0.3 is 10.2 Å². The van der Waals surface area contributed by atoms with Gasteiger partial charge >= 0.3 is 0 Å². The van der Waals surface area contributed by atoms with Gasteiger partial charge in [0.05, 0.1) is 12.1 Å². The van der Waals surface area contributed by atoms with Crippen LogP contribution in [0.2, 0.25) is 0 Å². The highest BCUT2D eigenvalue weighted by molar-refractivity contribution is 7.17. The summed E-state index contributed by atoms with van der Waals surface area (Å²) in [4.78, 5) is 24.4. The second-order valence-corrected chi connectivity index (χ2v) is 8.80. The number of rotatable bonds is 3. The van der Waals surface area contributed by atoms with Gasteiger partial charge in [0.2, 0.25) is 5.91 Å². The first-order valence-electron chi connectivity index (χ1n) is 9.97. The molecule has 2 aliphatic heterocycles. The van der Waals surface area contributed by atoms with Gasteiger partial charge in [0.25, 0.3) is 0 Å². The maximum Gasteiger partial charge on any atom is 0.227 e. The number of aromatic nitrogens is 2. The molecule has 1 atom stereocenters. The third-order valence-corrected chi connectivity index (χ3v) is 6.89. The van der Waals surface area contributed by atoms with E-state index in [1.54, 1.807) is 11.3 Å². The molecule has 0 aliphatic carbocycles. The van der Waals surface area contributed by atoms with E-state index < -0.39 is 0 Å². The lowest BCUT2D eigenvalue weighted by Gasteiger charge is -2.28. The minimum Gasteiger partial charge on any atom is -0.338 e. The van der Waals surface area contributed by atoms with E-state index >= 15 is 0 Å². The lowest BCUT2D eigenvalue weighted by Crippen LogP contribution is -2.37. The summed E-state index contributed by atoms with van der Waals surface area (Å²) in [5.74, 6) is 1.58. The fourth-order valence-corrected chi connectivity index (χ4v) is 5.17. The van der Waals surface area contributed by atoms with Gasteiger partial charge in [-0.2, -0.15) is 0 Å². The summed E-state index contributed by atoms with van der Waals surface area (Å²) in [7, 11) is 0. The van der Waals surface area contributed by atoms with Crippen LogP contribution in [0.4, 0.5) is 0 Å². The Bertz CT molecular complexity index is 1040. The lowest BCUT2D eigenvalue weighted by molar-refractivity contribution is -0.131. The number of nitrogens with zero attached hydrogens (tertiary/aromatic N) is 3. The number of hydrogen-bond donors (Lipinski definition) is 1. The van der Waals surface area contributed by atoms with Gasteiger partial charge in [-0.1, -0.05) is 17.7 Å². The van der Waals surface area contributed by atoms with E-state index in [9.17, 15) is 4.79 Å². The number of carbonyl (C=O) groups excluding carboxylic acids is 1. The van der Waals surface area contributed by atoms with Crippen LogP contribution in [0, 0.1) is 6.92 Å². The first kappa shape index (κ1) is 17.8. The predicted octanol–water partition coefficient (Wildman–Crippen LogP) is 3.20. The van der Waals surface area contributed by atoms with Crippen LogP contribution in [-0.4, -0.2) is 40.4 Å². The summed E-state index contributed by atoms with van der Waals surface area (Å²) in [5.41, 5.74) is 4.59. The second kappa shape index (κ2) is 7.26. The molecule has 5 rings (SSSR count). The molecule has 3 aromatic rings. The Labute approximate surface area is 168 Å². The molecule has 1 amide bonds. The van der Waals surface area contributed by atoms with Crippen molar-refractivity contribution in [1.82, 2.24) is 20.2 Å². The van der Waals surface area contributed by atoms with Crippen LogP contribution in [0.25, 0.3) is 10.1 Å². The normalized spacial score (nSPS) is 19.2. The van der Waals surface area contributed by atoms with Crippen molar-refractivity contribution in [3.05, 3.63) is 58.0 Å². The fourth-order valence-electron chi connectivity index (χ4n) is 4.22. The van der Waals surface area contributed by atoms with Gasteiger partial charge in [0.1, 0.15) is 5.82 Å². The molecular formula is C22H24N4OS. The van der Waals surface area contributed by atoms with Gasteiger partial charge in [-0.3, -0.25) is 4.79 Å². The van der Waals surface area contributed by atoms with Crippen molar-refractivity contribution in [2.24, 2.45) is 0 Å². The Morgan fingerprint density at radius 2 is 2.32 bits per heavy atom. The smallest absolute Gasteiger partial charge is 0.227 e. The van der Waals surface area contributed by atoms with E-state index in [0.29, 0.717) is 18.9 Å². The molecule has 5 nitrogen and oxygen atoms in total. The van der Waals surface area contributed by atoms with Crippen molar-refractivity contribution in [3.63, 3.8) is 0 Å². The summed E-state index contributed by atoms with van der Waals surface area (Å²) in [5, 5.41) is 6.72. The van der Waals surface area contributed by atoms with Crippen LogP contribution in [-0.2, 0) is 24.2 Å². The Kier molecular flexibility index (Phi) is 4.61. The van der Waals surface area contributed by atoms with E-state index in [2.05, 4.69) is 40.8 Å². The summed E-state index contributed by atoms with van der Waals surface area (Å²) in [6, 6.07) is 6.46. The van der Waals surface area contributed by atoms with Crippen molar-refractivity contribution in [3.8, 4) is 0 Å². The standard InChI is InChI=1S/C22H24N4OS/c1-14-2-3-20-18(8-14)16(13-28-20)9-21(27)26-7-5-19-17(12-26)11-24-22(25-19)15-4-6-23-10-15/h2-3,8,11,13,15,23H,4-7,9-10,12H2,1H3/t15-/m0/s1. The molecule has 0 unspecified atom stereocenters. The average Bonchev–Trinajstić information content (AvgIpc) is 3.38. The Morgan fingerprint density at radius 3 is 3.18 bits per heavy atom. The summed E-state index contributed by atoms with van der Waals surface area (Å²) < 4.78 is 1.25. The number of hydrogen-bond acceptors (Lipinski definition) is 5. The third kappa shape index (κ3) is 3.31. The SMILES string of the molecule is Cc1ccc2scc(CC(=O)N3CCc4nc([C@H]5CCNC5)ncc4C3)c2c1. The maximum atomic E-state index is 13.0. The van der Waals surface area contributed by atoms with Crippen molar-refractivity contribution in [1.29, 1.82) is 0 Å². The van der Waals surface area contributed by atoms with E-state index in [0.717, 1.165) is 55.1 Å². The summed E-state index contributed by atoms with van der Waals surface area (Å²) >= 11 is 1.72. The van der Waals surface area contributed by atoms with Gasteiger partial charge in [0.15, 0.2) is 0 Å². The van der Waals surface area contributed by atoms with Crippen LogP contribution >= 0.6 is 11.3 Å². The Hall–Kier alpha value is -2.31. The molecule has 0 spiro atoms. The molecule has 2 aliphatic rings. The lowest BCUT2D eigenvalue weighted by atomic mass is 10.0. The molecule has 2 aromatic heterocycles. The second-order valence-electron chi connectivity index (χ2n) is 7.89. The number of benzene rings is 1. The monoisotopic (exact) mass is 392 g/mol. The highest BCUT2D eigenvalue weighted by Crippen LogP contribution is 2.28. The number of carbonyl (C=O) groups is 1. The van der Waals surface area contributed by atoms with Crippen LogP contribution < -0.4 is 5.32 Å². The molecule has 28 heavy (non-hydrogen) atoms. The molecule has 4 heterocycles. The molecule has 1 saturated heterocycles. The quantitative estimate of drug-likeness (QED) is 0.744. The van der Waals surface area contributed by atoms with Crippen molar-refractivity contribution < 1.29 is 4.79 Å².